The number of rotatable bonds is 0. The van der Waals surface area contributed by atoms with Crippen molar-refractivity contribution < 1.29 is 5.11 Å². The van der Waals surface area contributed by atoms with Crippen LogP contribution in [-0.4, -0.2) is 11.2 Å². The molecule has 0 unspecified atom stereocenters. The molecule has 3 saturated carbocycles. The summed E-state index contributed by atoms with van der Waals surface area (Å²) in [6.45, 7) is 0. The molecule has 3 rings (SSSR count). The number of aliphatic hydroxyl groups excluding tert-OH is 1. The van der Waals surface area contributed by atoms with E-state index in [9.17, 15) is 5.11 Å². The molecule has 86 valence electrons. The highest BCUT2D eigenvalue weighted by Crippen LogP contribution is 2.51. The Hall–Kier alpha value is -0.0400. The van der Waals surface area contributed by atoms with Crippen molar-refractivity contribution in [3.63, 3.8) is 0 Å². The first kappa shape index (κ1) is 10.1. The largest absolute Gasteiger partial charge is 0.393 e. The van der Waals surface area contributed by atoms with Gasteiger partial charge in [-0.05, 0) is 49.4 Å². The number of fused-ring (bicyclic) bond motifs is 3. The summed E-state index contributed by atoms with van der Waals surface area (Å²) in [6, 6.07) is 0. The topological polar surface area (TPSA) is 20.2 Å². The van der Waals surface area contributed by atoms with Crippen LogP contribution in [0.3, 0.4) is 0 Å². The van der Waals surface area contributed by atoms with Gasteiger partial charge in [0.05, 0.1) is 6.10 Å². The van der Waals surface area contributed by atoms with E-state index in [0.29, 0.717) is 5.92 Å². The number of hydrogen-bond acceptors (Lipinski definition) is 1. The van der Waals surface area contributed by atoms with Gasteiger partial charge >= 0.3 is 0 Å². The van der Waals surface area contributed by atoms with Gasteiger partial charge in [-0.2, -0.15) is 0 Å². The minimum absolute atomic E-state index is 0.0506. The highest BCUT2D eigenvalue weighted by atomic mass is 16.3. The molecule has 0 bridgehead atoms. The quantitative estimate of drug-likeness (QED) is 0.647. The highest BCUT2D eigenvalue weighted by Gasteiger charge is 2.44. The maximum Gasteiger partial charge on any atom is 0.0573 e. The van der Waals surface area contributed by atoms with Gasteiger partial charge in [0.2, 0.25) is 0 Å². The molecule has 15 heavy (non-hydrogen) atoms. The molecule has 3 aliphatic carbocycles. The molecule has 0 saturated heterocycles. The SMILES string of the molecule is O[C@H]1C[C@@H]2CCCC[C@H]2[C@H]2CCCC[C@@H]21. The van der Waals surface area contributed by atoms with Crippen molar-refractivity contribution in [2.75, 3.05) is 0 Å². The Morgan fingerprint density at radius 1 is 0.667 bits per heavy atom. The van der Waals surface area contributed by atoms with Gasteiger partial charge in [-0.1, -0.05) is 32.1 Å². The van der Waals surface area contributed by atoms with Crippen molar-refractivity contribution in [2.24, 2.45) is 23.7 Å². The summed E-state index contributed by atoms with van der Waals surface area (Å²) in [4.78, 5) is 0. The Kier molecular flexibility index (Phi) is 2.76. The monoisotopic (exact) mass is 208 g/mol. The van der Waals surface area contributed by atoms with Crippen LogP contribution < -0.4 is 0 Å². The molecule has 0 aliphatic heterocycles. The smallest absolute Gasteiger partial charge is 0.0573 e. The Morgan fingerprint density at radius 3 is 2.07 bits per heavy atom. The lowest BCUT2D eigenvalue weighted by molar-refractivity contribution is -0.0642. The van der Waals surface area contributed by atoms with Crippen LogP contribution in [0, 0.1) is 23.7 Å². The predicted molar refractivity (Wildman–Crippen MR) is 61.5 cm³/mol. The van der Waals surface area contributed by atoms with E-state index >= 15 is 0 Å². The molecule has 0 amide bonds. The van der Waals surface area contributed by atoms with Crippen LogP contribution in [0.25, 0.3) is 0 Å². The molecular weight excluding hydrogens is 184 g/mol. The van der Waals surface area contributed by atoms with Gasteiger partial charge < -0.3 is 5.11 Å². The molecule has 3 fully saturated rings. The third kappa shape index (κ3) is 1.73. The molecule has 1 heteroatoms. The van der Waals surface area contributed by atoms with Crippen molar-refractivity contribution >= 4 is 0 Å². The van der Waals surface area contributed by atoms with E-state index < -0.39 is 0 Å². The first-order valence-electron chi connectivity index (χ1n) is 7.04. The standard InChI is InChI=1S/C14H24O/c15-14-9-10-5-1-2-6-11(10)12-7-3-4-8-13(12)14/h10-15H,1-9H2/t10-,11+,12+,13-,14-/m0/s1. The van der Waals surface area contributed by atoms with Crippen LogP contribution in [0.15, 0.2) is 0 Å². The van der Waals surface area contributed by atoms with Gasteiger partial charge in [-0.25, -0.2) is 0 Å². The fourth-order valence-electron chi connectivity index (χ4n) is 4.78. The highest BCUT2D eigenvalue weighted by molar-refractivity contribution is 4.95. The second-order valence-electron chi connectivity index (χ2n) is 6.12. The van der Waals surface area contributed by atoms with Gasteiger partial charge in [0.15, 0.2) is 0 Å². The molecule has 5 atom stereocenters. The minimum atomic E-state index is 0.0506. The minimum Gasteiger partial charge on any atom is -0.393 e. The lowest BCUT2D eigenvalue weighted by Crippen LogP contribution is -2.45. The number of hydrogen-bond donors (Lipinski definition) is 1. The van der Waals surface area contributed by atoms with Gasteiger partial charge in [-0.3, -0.25) is 0 Å². The zero-order valence-electron chi connectivity index (χ0n) is 9.70. The van der Waals surface area contributed by atoms with Crippen LogP contribution in [-0.2, 0) is 0 Å². The number of aliphatic hydroxyl groups is 1. The summed E-state index contributed by atoms with van der Waals surface area (Å²) in [6.07, 6.45) is 12.5. The van der Waals surface area contributed by atoms with E-state index in [-0.39, 0.29) is 6.10 Å². The summed E-state index contributed by atoms with van der Waals surface area (Å²) in [7, 11) is 0. The molecule has 0 aromatic rings. The summed E-state index contributed by atoms with van der Waals surface area (Å²) < 4.78 is 0. The Labute approximate surface area is 93.3 Å². The van der Waals surface area contributed by atoms with E-state index in [1.54, 1.807) is 0 Å². The van der Waals surface area contributed by atoms with Crippen LogP contribution in [0.5, 0.6) is 0 Å². The van der Waals surface area contributed by atoms with Crippen molar-refractivity contribution in [3.8, 4) is 0 Å². The van der Waals surface area contributed by atoms with Gasteiger partial charge in [0.1, 0.15) is 0 Å². The Morgan fingerprint density at radius 2 is 1.27 bits per heavy atom. The van der Waals surface area contributed by atoms with E-state index in [2.05, 4.69) is 0 Å². The first-order chi connectivity index (χ1) is 7.36. The molecule has 0 spiro atoms. The third-order valence-electron chi connectivity index (χ3n) is 5.43. The average molecular weight is 208 g/mol. The van der Waals surface area contributed by atoms with Crippen molar-refractivity contribution in [1.29, 1.82) is 0 Å². The van der Waals surface area contributed by atoms with Crippen molar-refractivity contribution in [3.05, 3.63) is 0 Å². The van der Waals surface area contributed by atoms with Crippen LogP contribution >= 0.6 is 0 Å². The molecular formula is C14H24O. The Bertz CT molecular complexity index is 225. The lowest BCUT2D eigenvalue weighted by atomic mass is 9.57. The zero-order valence-corrected chi connectivity index (χ0v) is 9.70. The maximum atomic E-state index is 10.2. The summed E-state index contributed by atoms with van der Waals surface area (Å²) >= 11 is 0. The second-order valence-corrected chi connectivity index (χ2v) is 6.12. The fourth-order valence-corrected chi connectivity index (χ4v) is 4.78. The second kappa shape index (κ2) is 4.08. The molecule has 1 nitrogen and oxygen atoms in total. The molecule has 1 N–H and O–H groups in total. The van der Waals surface area contributed by atoms with E-state index in [4.69, 9.17) is 0 Å². The van der Waals surface area contributed by atoms with Crippen LogP contribution in [0.1, 0.15) is 57.8 Å². The van der Waals surface area contributed by atoms with E-state index in [1.165, 1.54) is 51.4 Å². The van der Waals surface area contributed by atoms with Crippen LogP contribution in [0.4, 0.5) is 0 Å². The summed E-state index contributed by atoms with van der Waals surface area (Å²) in [5, 5.41) is 10.2. The van der Waals surface area contributed by atoms with Crippen molar-refractivity contribution in [1.82, 2.24) is 0 Å². The molecule has 0 heterocycles. The summed E-state index contributed by atoms with van der Waals surface area (Å²) in [5.74, 6) is 3.45. The van der Waals surface area contributed by atoms with Crippen molar-refractivity contribution in [2.45, 2.75) is 63.9 Å². The van der Waals surface area contributed by atoms with E-state index in [1.807, 2.05) is 0 Å². The van der Waals surface area contributed by atoms with Gasteiger partial charge in [0.25, 0.3) is 0 Å². The molecule has 3 aliphatic rings. The van der Waals surface area contributed by atoms with Gasteiger partial charge in [-0.15, -0.1) is 0 Å². The van der Waals surface area contributed by atoms with Crippen LogP contribution in [0.2, 0.25) is 0 Å². The summed E-state index contributed by atoms with van der Waals surface area (Å²) in [5.41, 5.74) is 0. The molecule has 0 aromatic heterocycles. The lowest BCUT2D eigenvalue weighted by Gasteiger charge is -2.50. The normalized spacial score (nSPS) is 50.6. The average Bonchev–Trinajstić information content (AvgIpc) is 2.30. The molecule has 0 radical (unpaired) electrons. The predicted octanol–water partition coefficient (Wildman–Crippen LogP) is 3.36. The first-order valence-corrected chi connectivity index (χ1v) is 7.04. The zero-order chi connectivity index (χ0) is 10.3. The Balaban J connectivity index is 1.79. The van der Waals surface area contributed by atoms with Gasteiger partial charge in [0, 0.05) is 0 Å². The van der Waals surface area contributed by atoms with E-state index in [0.717, 1.165) is 24.2 Å². The third-order valence-corrected chi connectivity index (χ3v) is 5.43. The maximum absolute atomic E-state index is 10.2. The molecule has 0 aromatic carbocycles. The fraction of sp³-hybridized carbons (Fsp3) is 1.00.